The summed E-state index contributed by atoms with van der Waals surface area (Å²) in [4.78, 5) is 27.2. The second-order valence-electron chi connectivity index (χ2n) is 6.79. The highest BCUT2D eigenvalue weighted by atomic mass is 35.5. The zero-order valence-corrected chi connectivity index (χ0v) is 16.8. The first-order chi connectivity index (χ1) is 14.5. The van der Waals surface area contributed by atoms with Gasteiger partial charge in [-0.2, -0.15) is 0 Å². The summed E-state index contributed by atoms with van der Waals surface area (Å²) in [7, 11) is 1.54. The minimum Gasteiger partial charge on any atom is -0.507 e. The van der Waals surface area contributed by atoms with Crippen LogP contribution in [0, 0.1) is 0 Å². The lowest BCUT2D eigenvalue weighted by Crippen LogP contribution is -2.29. The lowest BCUT2D eigenvalue weighted by molar-refractivity contribution is -0.140. The van der Waals surface area contributed by atoms with E-state index in [9.17, 15) is 14.7 Å². The fourth-order valence-electron chi connectivity index (χ4n) is 3.51. The summed E-state index contributed by atoms with van der Waals surface area (Å²) in [5, 5.41) is 11.5. The van der Waals surface area contributed by atoms with Crippen LogP contribution in [0.25, 0.3) is 5.76 Å². The van der Waals surface area contributed by atoms with Gasteiger partial charge in [-0.15, -0.1) is 0 Å². The van der Waals surface area contributed by atoms with Crippen molar-refractivity contribution in [3.63, 3.8) is 0 Å². The van der Waals surface area contributed by atoms with Crippen molar-refractivity contribution in [2.75, 3.05) is 7.11 Å². The Balaban J connectivity index is 1.84. The van der Waals surface area contributed by atoms with Gasteiger partial charge < -0.3 is 19.2 Å². The minimum absolute atomic E-state index is 0.0130. The maximum absolute atomic E-state index is 12.9. The van der Waals surface area contributed by atoms with Crippen molar-refractivity contribution in [2.24, 2.45) is 0 Å². The highest BCUT2D eigenvalue weighted by molar-refractivity contribution is 6.46. The van der Waals surface area contributed by atoms with Crippen LogP contribution in [0.15, 0.2) is 76.9 Å². The summed E-state index contributed by atoms with van der Waals surface area (Å²) in [5.41, 5.74) is 1.07. The van der Waals surface area contributed by atoms with Crippen LogP contribution in [0.3, 0.4) is 0 Å². The van der Waals surface area contributed by atoms with Gasteiger partial charge in [0.15, 0.2) is 0 Å². The summed E-state index contributed by atoms with van der Waals surface area (Å²) in [6.07, 6.45) is 1.50. The Hall–Kier alpha value is -3.51. The number of carbonyl (C=O) groups excluding carboxylic acids is 2. The maximum atomic E-state index is 12.9. The maximum Gasteiger partial charge on any atom is 0.296 e. The first-order valence-corrected chi connectivity index (χ1v) is 9.58. The molecule has 1 aromatic heterocycles. The first kappa shape index (κ1) is 19.8. The molecule has 6 nitrogen and oxygen atoms in total. The summed E-state index contributed by atoms with van der Waals surface area (Å²) >= 11 is 6.01. The highest BCUT2D eigenvalue weighted by Crippen LogP contribution is 2.40. The molecule has 0 spiro atoms. The molecule has 2 heterocycles. The number of benzene rings is 2. The van der Waals surface area contributed by atoms with Crippen LogP contribution in [0.1, 0.15) is 22.9 Å². The third-order valence-corrected chi connectivity index (χ3v) is 5.25. The van der Waals surface area contributed by atoms with Gasteiger partial charge in [-0.1, -0.05) is 23.7 Å². The van der Waals surface area contributed by atoms with Crippen LogP contribution in [0.5, 0.6) is 5.75 Å². The third-order valence-electron chi connectivity index (χ3n) is 5.00. The smallest absolute Gasteiger partial charge is 0.296 e. The number of nitrogens with zero attached hydrogens (tertiary/aromatic N) is 1. The van der Waals surface area contributed by atoms with E-state index in [0.29, 0.717) is 27.7 Å². The number of hydrogen-bond acceptors (Lipinski definition) is 5. The van der Waals surface area contributed by atoms with Gasteiger partial charge in [0.05, 0.1) is 31.5 Å². The van der Waals surface area contributed by atoms with Crippen molar-refractivity contribution in [3.8, 4) is 5.75 Å². The lowest BCUT2D eigenvalue weighted by Gasteiger charge is -2.24. The van der Waals surface area contributed by atoms with Gasteiger partial charge in [-0.3, -0.25) is 9.59 Å². The number of likely N-dealkylation sites (tertiary alicyclic amines) is 1. The number of halogens is 1. The first-order valence-electron chi connectivity index (χ1n) is 9.20. The molecule has 1 unspecified atom stereocenters. The van der Waals surface area contributed by atoms with E-state index in [1.165, 1.54) is 18.3 Å². The van der Waals surface area contributed by atoms with E-state index in [0.717, 1.165) is 0 Å². The lowest BCUT2D eigenvalue weighted by atomic mass is 9.95. The number of aliphatic hydroxyl groups is 1. The molecule has 3 aromatic rings. The normalized spacial score (nSPS) is 18.1. The molecule has 1 saturated heterocycles. The Kier molecular flexibility index (Phi) is 5.33. The number of hydrogen-bond donors (Lipinski definition) is 1. The highest BCUT2D eigenvalue weighted by Gasteiger charge is 2.46. The van der Waals surface area contributed by atoms with Crippen molar-refractivity contribution < 1.29 is 23.8 Å². The van der Waals surface area contributed by atoms with Gasteiger partial charge in [-0.25, -0.2) is 0 Å². The number of aliphatic hydroxyl groups excluding tert-OH is 1. The van der Waals surface area contributed by atoms with E-state index >= 15 is 0 Å². The van der Waals surface area contributed by atoms with E-state index in [1.54, 1.807) is 60.7 Å². The van der Waals surface area contributed by atoms with Crippen LogP contribution in [-0.2, 0) is 16.1 Å². The molecule has 7 heteroatoms. The van der Waals surface area contributed by atoms with E-state index < -0.39 is 17.7 Å². The van der Waals surface area contributed by atoms with Crippen molar-refractivity contribution in [3.05, 3.63) is 94.4 Å². The topological polar surface area (TPSA) is 80.0 Å². The number of furan rings is 1. The predicted molar refractivity (Wildman–Crippen MR) is 111 cm³/mol. The number of ketones is 1. The van der Waals surface area contributed by atoms with E-state index in [1.807, 2.05) is 0 Å². The van der Waals surface area contributed by atoms with Gasteiger partial charge in [0, 0.05) is 10.6 Å². The van der Waals surface area contributed by atoms with Crippen LogP contribution < -0.4 is 4.74 Å². The van der Waals surface area contributed by atoms with E-state index in [4.69, 9.17) is 20.8 Å². The molecule has 1 fully saturated rings. The Morgan fingerprint density at radius 1 is 1.10 bits per heavy atom. The Labute approximate surface area is 177 Å². The molecule has 30 heavy (non-hydrogen) atoms. The number of ether oxygens (including phenoxy) is 1. The van der Waals surface area contributed by atoms with Crippen molar-refractivity contribution in [1.82, 2.24) is 4.90 Å². The molecule has 1 aliphatic heterocycles. The molecule has 1 atom stereocenters. The van der Waals surface area contributed by atoms with Crippen molar-refractivity contribution in [2.45, 2.75) is 12.6 Å². The quantitative estimate of drug-likeness (QED) is 0.369. The average molecular weight is 424 g/mol. The standard InChI is InChI=1S/C23H18ClNO5/c1-29-17-10-6-15(7-11-17)21(26)19-20(14-4-8-16(24)9-5-14)25(23(28)22(19)27)13-18-3-2-12-30-18/h2-12,20,26H,13H2,1H3/b21-19+. The van der Waals surface area contributed by atoms with Gasteiger partial charge in [0.25, 0.3) is 11.7 Å². The number of carbonyl (C=O) groups is 2. The molecule has 0 saturated carbocycles. The fourth-order valence-corrected chi connectivity index (χ4v) is 3.64. The summed E-state index contributed by atoms with van der Waals surface area (Å²) < 4.78 is 10.5. The molecule has 0 radical (unpaired) electrons. The summed E-state index contributed by atoms with van der Waals surface area (Å²) in [5.74, 6) is -0.575. The summed E-state index contributed by atoms with van der Waals surface area (Å²) in [6.45, 7) is 0.0876. The zero-order valence-electron chi connectivity index (χ0n) is 16.0. The molecule has 1 N–H and O–H groups in total. The molecule has 4 rings (SSSR count). The average Bonchev–Trinajstić information content (AvgIpc) is 3.36. The van der Waals surface area contributed by atoms with E-state index in [-0.39, 0.29) is 17.9 Å². The van der Waals surface area contributed by atoms with Gasteiger partial charge in [-0.05, 0) is 54.1 Å². The monoisotopic (exact) mass is 423 g/mol. The van der Waals surface area contributed by atoms with Crippen LogP contribution in [0.4, 0.5) is 0 Å². The zero-order chi connectivity index (χ0) is 21.3. The van der Waals surface area contributed by atoms with Gasteiger partial charge >= 0.3 is 0 Å². The van der Waals surface area contributed by atoms with Crippen LogP contribution in [-0.4, -0.2) is 28.8 Å². The number of methoxy groups -OCH3 is 1. The number of amides is 1. The van der Waals surface area contributed by atoms with Gasteiger partial charge in [0.2, 0.25) is 0 Å². The molecule has 2 aromatic carbocycles. The Bertz CT molecular complexity index is 1100. The summed E-state index contributed by atoms with van der Waals surface area (Å²) in [6, 6.07) is 16.1. The fraction of sp³-hybridized carbons (Fsp3) is 0.130. The van der Waals surface area contributed by atoms with E-state index in [2.05, 4.69) is 0 Å². The molecule has 1 aliphatic rings. The second-order valence-corrected chi connectivity index (χ2v) is 7.22. The minimum atomic E-state index is -0.783. The molecular formula is C23H18ClNO5. The number of rotatable bonds is 5. The predicted octanol–water partition coefficient (Wildman–Crippen LogP) is 4.56. The largest absolute Gasteiger partial charge is 0.507 e. The molecule has 0 aliphatic carbocycles. The second kappa shape index (κ2) is 8.08. The Morgan fingerprint density at radius 3 is 2.40 bits per heavy atom. The van der Waals surface area contributed by atoms with Crippen LogP contribution in [0.2, 0.25) is 5.02 Å². The van der Waals surface area contributed by atoms with Crippen molar-refractivity contribution >= 4 is 29.1 Å². The third kappa shape index (κ3) is 3.57. The molecule has 0 bridgehead atoms. The van der Waals surface area contributed by atoms with Crippen molar-refractivity contribution in [1.29, 1.82) is 0 Å². The molecule has 152 valence electrons. The molecule has 1 amide bonds. The van der Waals surface area contributed by atoms with Gasteiger partial charge in [0.1, 0.15) is 17.3 Å². The van der Waals surface area contributed by atoms with Crippen LogP contribution >= 0.6 is 11.6 Å². The SMILES string of the molecule is COc1ccc(/C(O)=C2\C(=O)C(=O)N(Cc3ccco3)C2c2ccc(Cl)cc2)cc1. The Morgan fingerprint density at radius 2 is 1.80 bits per heavy atom. The number of Topliss-reactive ketones (excluding diaryl/α,β-unsaturated/α-hetero) is 1. The molecular weight excluding hydrogens is 406 g/mol.